The van der Waals surface area contributed by atoms with Crippen molar-refractivity contribution < 1.29 is 13.2 Å². The Labute approximate surface area is 160 Å². The molecular weight excluding hydrogens is 355 g/mol. The van der Waals surface area contributed by atoms with Crippen molar-refractivity contribution >= 4 is 11.8 Å². The minimum atomic E-state index is -4.16. The SMILES string of the molecule is CC(C)Sc1cccc(CC(CN2CCC(C(C)C)CC2)C(F)(F)F)c1. The summed E-state index contributed by atoms with van der Waals surface area (Å²) >= 11 is 1.69. The van der Waals surface area contributed by atoms with Crippen molar-refractivity contribution in [2.45, 2.75) is 63.3 Å². The van der Waals surface area contributed by atoms with E-state index < -0.39 is 12.1 Å². The van der Waals surface area contributed by atoms with Gasteiger partial charge in [0.1, 0.15) is 0 Å². The van der Waals surface area contributed by atoms with Crippen molar-refractivity contribution in [2.75, 3.05) is 19.6 Å². The van der Waals surface area contributed by atoms with Gasteiger partial charge in [0.05, 0.1) is 5.92 Å². The molecule has 1 unspecified atom stereocenters. The predicted octanol–water partition coefficient (Wildman–Crippen LogP) is 6.28. The number of halogens is 3. The fourth-order valence-corrected chi connectivity index (χ4v) is 4.62. The molecule has 148 valence electrons. The highest BCUT2D eigenvalue weighted by Crippen LogP contribution is 2.33. The van der Waals surface area contributed by atoms with E-state index in [1.807, 2.05) is 29.2 Å². The first kappa shape index (κ1) is 21.6. The van der Waals surface area contributed by atoms with Gasteiger partial charge in [0.25, 0.3) is 0 Å². The summed E-state index contributed by atoms with van der Waals surface area (Å²) in [6.45, 7) is 10.3. The summed E-state index contributed by atoms with van der Waals surface area (Å²) in [4.78, 5) is 3.07. The van der Waals surface area contributed by atoms with E-state index in [9.17, 15) is 13.2 Å². The third kappa shape index (κ3) is 6.80. The number of piperidine rings is 1. The standard InChI is InChI=1S/C21H32F3NS/c1-15(2)18-8-10-25(11-9-18)14-19(21(22,23)24)12-17-6-5-7-20(13-17)26-16(3)4/h5-7,13,15-16,18-19H,8-12,14H2,1-4H3. The molecule has 0 aliphatic carbocycles. The van der Waals surface area contributed by atoms with Gasteiger partial charge in [-0.05, 0) is 61.9 Å². The Kier molecular flexibility index (Phi) is 7.90. The lowest BCUT2D eigenvalue weighted by molar-refractivity contribution is -0.179. The van der Waals surface area contributed by atoms with Crippen molar-refractivity contribution in [3.8, 4) is 0 Å². The summed E-state index contributed by atoms with van der Waals surface area (Å²) in [6.07, 6.45) is -2.05. The van der Waals surface area contributed by atoms with Crippen molar-refractivity contribution in [1.29, 1.82) is 0 Å². The summed E-state index contributed by atoms with van der Waals surface area (Å²) in [7, 11) is 0. The minimum Gasteiger partial charge on any atom is -0.303 e. The summed E-state index contributed by atoms with van der Waals surface area (Å²) < 4.78 is 40.9. The number of hydrogen-bond donors (Lipinski definition) is 0. The summed E-state index contributed by atoms with van der Waals surface area (Å²) in [6, 6.07) is 7.61. The molecule has 1 aromatic rings. The van der Waals surface area contributed by atoms with Crippen LogP contribution in [-0.2, 0) is 6.42 Å². The molecule has 1 fully saturated rings. The molecule has 0 radical (unpaired) electrons. The van der Waals surface area contributed by atoms with Crippen LogP contribution in [0.15, 0.2) is 29.2 Å². The number of likely N-dealkylation sites (tertiary alicyclic amines) is 1. The van der Waals surface area contributed by atoms with Crippen LogP contribution in [0, 0.1) is 17.8 Å². The highest BCUT2D eigenvalue weighted by atomic mass is 32.2. The van der Waals surface area contributed by atoms with E-state index in [0.717, 1.165) is 36.4 Å². The fraction of sp³-hybridized carbons (Fsp3) is 0.714. The van der Waals surface area contributed by atoms with Crippen LogP contribution in [0.4, 0.5) is 13.2 Å². The van der Waals surface area contributed by atoms with E-state index in [0.29, 0.717) is 17.1 Å². The van der Waals surface area contributed by atoms with Crippen LogP contribution in [-0.4, -0.2) is 36.0 Å². The van der Waals surface area contributed by atoms with Crippen LogP contribution >= 0.6 is 11.8 Å². The maximum Gasteiger partial charge on any atom is 0.393 e. The number of alkyl halides is 3. The molecule has 5 heteroatoms. The molecule has 1 aromatic carbocycles. The van der Waals surface area contributed by atoms with Crippen molar-refractivity contribution in [3.05, 3.63) is 29.8 Å². The molecule has 1 heterocycles. The van der Waals surface area contributed by atoms with Crippen molar-refractivity contribution in [3.63, 3.8) is 0 Å². The first-order valence-corrected chi connectivity index (χ1v) is 10.6. The third-order valence-electron chi connectivity index (χ3n) is 5.27. The molecular formula is C21H32F3NS. The lowest BCUT2D eigenvalue weighted by atomic mass is 9.86. The van der Waals surface area contributed by atoms with Gasteiger partial charge in [0, 0.05) is 16.7 Å². The van der Waals surface area contributed by atoms with Gasteiger partial charge in [-0.2, -0.15) is 13.2 Å². The lowest BCUT2D eigenvalue weighted by Gasteiger charge is -2.36. The van der Waals surface area contributed by atoms with Crippen molar-refractivity contribution in [2.24, 2.45) is 17.8 Å². The van der Waals surface area contributed by atoms with Crippen LogP contribution in [0.3, 0.4) is 0 Å². The van der Waals surface area contributed by atoms with Crippen molar-refractivity contribution in [1.82, 2.24) is 4.90 Å². The molecule has 0 amide bonds. The molecule has 2 rings (SSSR count). The maximum atomic E-state index is 13.6. The number of hydrogen-bond acceptors (Lipinski definition) is 2. The molecule has 1 nitrogen and oxygen atoms in total. The second-order valence-corrected chi connectivity index (χ2v) is 9.79. The lowest BCUT2D eigenvalue weighted by Crippen LogP contribution is -2.42. The molecule has 0 spiro atoms. The normalized spacial score (nSPS) is 18.7. The average molecular weight is 388 g/mol. The summed E-state index contributed by atoms with van der Waals surface area (Å²) in [5, 5.41) is 0.422. The molecule has 1 atom stereocenters. The number of thioether (sulfide) groups is 1. The van der Waals surface area contributed by atoms with Crippen LogP contribution in [0.2, 0.25) is 0 Å². The van der Waals surface area contributed by atoms with Gasteiger partial charge < -0.3 is 4.90 Å². The number of nitrogens with zero attached hydrogens (tertiary/aromatic N) is 1. The Bertz CT molecular complexity index is 548. The zero-order chi connectivity index (χ0) is 19.3. The minimum absolute atomic E-state index is 0.0695. The van der Waals surface area contributed by atoms with Gasteiger partial charge in [-0.3, -0.25) is 0 Å². The van der Waals surface area contributed by atoms with E-state index in [1.165, 1.54) is 0 Å². The van der Waals surface area contributed by atoms with Gasteiger partial charge >= 0.3 is 6.18 Å². The van der Waals surface area contributed by atoms with E-state index in [2.05, 4.69) is 27.7 Å². The second kappa shape index (κ2) is 9.50. The smallest absolute Gasteiger partial charge is 0.303 e. The van der Waals surface area contributed by atoms with Gasteiger partial charge in [-0.15, -0.1) is 11.8 Å². The quantitative estimate of drug-likeness (QED) is 0.507. The van der Waals surface area contributed by atoms with E-state index in [-0.39, 0.29) is 13.0 Å². The molecule has 26 heavy (non-hydrogen) atoms. The van der Waals surface area contributed by atoms with Gasteiger partial charge in [-0.25, -0.2) is 0 Å². The molecule has 0 N–H and O–H groups in total. The molecule has 1 aliphatic rings. The zero-order valence-corrected chi connectivity index (χ0v) is 17.2. The Morgan fingerprint density at radius 1 is 1.12 bits per heavy atom. The van der Waals surface area contributed by atoms with Crippen LogP contribution in [0.1, 0.15) is 46.1 Å². The van der Waals surface area contributed by atoms with Crippen LogP contribution in [0.5, 0.6) is 0 Å². The predicted molar refractivity (Wildman–Crippen MR) is 105 cm³/mol. The Hall–Kier alpha value is -0.680. The van der Waals surface area contributed by atoms with E-state index in [4.69, 9.17) is 0 Å². The maximum absolute atomic E-state index is 13.6. The Morgan fingerprint density at radius 3 is 2.31 bits per heavy atom. The average Bonchev–Trinajstić information content (AvgIpc) is 2.53. The fourth-order valence-electron chi connectivity index (χ4n) is 3.70. The number of rotatable bonds is 7. The van der Waals surface area contributed by atoms with E-state index in [1.54, 1.807) is 11.8 Å². The molecule has 0 bridgehead atoms. The Balaban J connectivity index is 2.00. The first-order valence-electron chi connectivity index (χ1n) is 9.69. The van der Waals surface area contributed by atoms with Crippen LogP contribution < -0.4 is 0 Å². The van der Waals surface area contributed by atoms with Gasteiger partial charge in [0.2, 0.25) is 0 Å². The second-order valence-electron chi connectivity index (χ2n) is 8.14. The number of benzene rings is 1. The van der Waals surface area contributed by atoms with Gasteiger partial charge in [0.15, 0.2) is 0 Å². The molecule has 0 saturated carbocycles. The third-order valence-corrected chi connectivity index (χ3v) is 6.27. The zero-order valence-electron chi connectivity index (χ0n) is 16.4. The molecule has 1 aliphatic heterocycles. The summed E-state index contributed by atoms with van der Waals surface area (Å²) in [5.74, 6) is -0.0190. The van der Waals surface area contributed by atoms with E-state index >= 15 is 0 Å². The topological polar surface area (TPSA) is 3.24 Å². The molecule has 1 saturated heterocycles. The highest BCUT2D eigenvalue weighted by molar-refractivity contribution is 7.99. The summed E-state index contributed by atoms with van der Waals surface area (Å²) in [5.41, 5.74) is 0.787. The van der Waals surface area contributed by atoms with Gasteiger partial charge in [-0.1, -0.05) is 39.8 Å². The monoisotopic (exact) mass is 387 g/mol. The van der Waals surface area contributed by atoms with Crippen LogP contribution in [0.25, 0.3) is 0 Å². The highest BCUT2D eigenvalue weighted by Gasteiger charge is 2.40. The largest absolute Gasteiger partial charge is 0.393 e. The first-order chi connectivity index (χ1) is 12.1. The Morgan fingerprint density at radius 2 is 1.77 bits per heavy atom. The molecule has 0 aromatic heterocycles.